The molecule has 0 radical (unpaired) electrons. The lowest BCUT2D eigenvalue weighted by atomic mass is 9.73. The molecule has 2 aliphatic rings. The number of hydrogen-bond donors (Lipinski definition) is 0. The van der Waals surface area contributed by atoms with Gasteiger partial charge in [0.2, 0.25) is 0 Å². The fourth-order valence-electron chi connectivity index (χ4n) is 2.45. The minimum atomic E-state index is 0.888. The summed E-state index contributed by atoms with van der Waals surface area (Å²) >= 11 is 0. The van der Waals surface area contributed by atoms with E-state index in [0.29, 0.717) is 0 Å². The number of fused-ring (bicyclic) bond motifs is 1. The molecule has 15 heavy (non-hydrogen) atoms. The minimum absolute atomic E-state index is 0.888. The Bertz CT molecular complexity index is 432. The Kier molecular flexibility index (Phi) is 2.02. The van der Waals surface area contributed by atoms with Crippen LogP contribution in [-0.2, 0) is 0 Å². The number of allylic oxidation sites excluding steroid dienone is 4. The second kappa shape index (κ2) is 3.37. The molecule has 1 aromatic carbocycles. The average Bonchev–Trinajstić information content (AvgIpc) is 2.22. The predicted octanol–water partition coefficient (Wildman–Crippen LogP) is 4.12. The van der Waals surface area contributed by atoms with Gasteiger partial charge < -0.3 is 0 Å². The van der Waals surface area contributed by atoms with Gasteiger partial charge >= 0.3 is 0 Å². The maximum absolute atomic E-state index is 2.41. The molecule has 0 spiro atoms. The van der Waals surface area contributed by atoms with E-state index in [2.05, 4.69) is 43.3 Å². The highest BCUT2D eigenvalue weighted by Gasteiger charge is 2.25. The summed E-state index contributed by atoms with van der Waals surface area (Å²) in [5, 5.41) is 0. The predicted molar refractivity (Wildman–Crippen MR) is 64.6 cm³/mol. The lowest BCUT2D eigenvalue weighted by Gasteiger charge is -2.32. The van der Waals surface area contributed by atoms with Gasteiger partial charge in [-0.05, 0) is 43.2 Å². The summed E-state index contributed by atoms with van der Waals surface area (Å²) in [5.74, 6) is 0.888. The third kappa shape index (κ3) is 1.54. The molecule has 0 saturated heterocycles. The first-order valence-corrected chi connectivity index (χ1v) is 5.80. The third-order valence-corrected chi connectivity index (χ3v) is 3.65. The Morgan fingerprint density at radius 1 is 1.13 bits per heavy atom. The van der Waals surface area contributed by atoms with Crippen molar-refractivity contribution in [3.63, 3.8) is 0 Å². The van der Waals surface area contributed by atoms with Crippen molar-refractivity contribution in [3.8, 4) is 0 Å². The molecule has 0 N–H and O–H groups in total. The molecule has 0 heterocycles. The summed E-state index contributed by atoms with van der Waals surface area (Å²) in [6, 6.07) is 8.86. The van der Waals surface area contributed by atoms with Crippen molar-refractivity contribution in [3.05, 3.63) is 53.1 Å². The third-order valence-electron chi connectivity index (χ3n) is 3.65. The largest absolute Gasteiger partial charge is 0.0761 e. The molecule has 1 aromatic rings. The molecular formula is C15H16. The van der Waals surface area contributed by atoms with Gasteiger partial charge in [0.05, 0.1) is 0 Å². The smallest absolute Gasteiger partial charge is 0.0162 e. The molecule has 76 valence electrons. The molecule has 0 nitrogen and oxygen atoms in total. The first-order chi connectivity index (χ1) is 7.33. The monoisotopic (exact) mass is 196 g/mol. The maximum Gasteiger partial charge on any atom is -0.0162 e. The highest BCUT2D eigenvalue weighted by molar-refractivity contribution is 5.76. The molecule has 0 bridgehead atoms. The number of hydrogen-bond acceptors (Lipinski definition) is 0. The van der Waals surface area contributed by atoms with Gasteiger partial charge in [-0.25, -0.2) is 0 Å². The summed E-state index contributed by atoms with van der Waals surface area (Å²) in [6.45, 7) is 2.14. The van der Waals surface area contributed by atoms with E-state index in [-0.39, 0.29) is 0 Å². The van der Waals surface area contributed by atoms with E-state index in [1.165, 1.54) is 36.0 Å². The number of rotatable bonds is 1. The van der Waals surface area contributed by atoms with Gasteiger partial charge in [-0.2, -0.15) is 0 Å². The maximum atomic E-state index is 2.41. The van der Waals surface area contributed by atoms with E-state index in [1.807, 2.05) is 0 Å². The van der Waals surface area contributed by atoms with Crippen LogP contribution in [0, 0.1) is 12.8 Å². The summed E-state index contributed by atoms with van der Waals surface area (Å²) in [5.41, 5.74) is 5.82. The molecule has 1 unspecified atom stereocenters. The highest BCUT2D eigenvalue weighted by Crippen LogP contribution is 2.41. The molecule has 1 fully saturated rings. The lowest BCUT2D eigenvalue weighted by molar-refractivity contribution is 0.445. The van der Waals surface area contributed by atoms with Crippen molar-refractivity contribution in [1.82, 2.24) is 0 Å². The summed E-state index contributed by atoms with van der Waals surface area (Å²) in [4.78, 5) is 0. The Morgan fingerprint density at radius 3 is 2.53 bits per heavy atom. The molecule has 0 heteroatoms. The quantitative estimate of drug-likeness (QED) is 0.634. The first kappa shape index (κ1) is 8.96. The van der Waals surface area contributed by atoms with Gasteiger partial charge in [0.15, 0.2) is 0 Å². The zero-order valence-corrected chi connectivity index (χ0v) is 9.16. The Morgan fingerprint density at radius 2 is 1.93 bits per heavy atom. The average molecular weight is 196 g/mol. The van der Waals surface area contributed by atoms with Crippen LogP contribution in [0.15, 0.2) is 42.0 Å². The summed E-state index contributed by atoms with van der Waals surface area (Å²) in [7, 11) is 0. The van der Waals surface area contributed by atoms with Crippen LogP contribution in [0.5, 0.6) is 0 Å². The zero-order chi connectivity index (χ0) is 10.3. The molecule has 1 atom stereocenters. The topological polar surface area (TPSA) is 0 Å². The van der Waals surface area contributed by atoms with Crippen molar-refractivity contribution < 1.29 is 0 Å². The van der Waals surface area contributed by atoms with Crippen LogP contribution < -0.4 is 0 Å². The fraction of sp³-hybridized carbons (Fsp3) is 0.333. The van der Waals surface area contributed by atoms with E-state index < -0.39 is 0 Å². The van der Waals surface area contributed by atoms with Crippen molar-refractivity contribution in [2.24, 2.45) is 5.92 Å². The zero-order valence-electron chi connectivity index (χ0n) is 9.16. The van der Waals surface area contributed by atoms with Crippen LogP contribution >= 0.6 is 0 Å². The number of aryl methyl sites for hydroxylation is 1. The molecule has 1 saturated carbocycles. The molecule has 2 aliphatic carbocycles. The summed E-state index contributed by atoms with van der Waals surface area (Å²) < 4.78 is 0. The van der Waals surface area contributed by atoms with E-state index in [9.17, 15) is 0 Å². The van der Waals surface area contributed by atoms with Gasteiger partial charge in [-0.1, -0.05) is 47.6 Å². The van der Waals surface area contributed by atoms with Crippen molar-refractivity contribution in [2.45, 2.75) is 26.2 Å². The van der Waals surface area contributed by atoms with Gasteiger partial charge in [0.1, 0.15) is 0 Å². The van der Waals surface area contributed by atoms with Crippen molar-refractivity contribution >= 4 is 5.57 Å². The normalized spacial score (nSPS) is 23.7. The van der Waals surface area contributed by atoms with Gasteiger partial charge in [-0.3, -0.25) is 0 Å². The lowest BCUT2D eigenvalue weighted by Crippen LogP contribution is -2.17. The van der Waals surface area contributed by atoms with Crippen LogP contribution in [0.3, 0.4) is 0 Å². The van der Waals surface area contributed by atoms with Crippen molar-refractivity contribution in [1.29, 1.82) is 0 Å². The molecule has 0 amide bonds. The molecular weight excluding hydrogens is 180 g/mol. The molecule has 0 aromatic heterocycles. The fourth-order valence-corrected chi connectivity index (χ4v) is 2.45. The van der Waals surface area contributed by atoms with Crippen LogP contribution in [-0.4, -0.2) is 0 Å². The molecule has 0 aliphatic heterocycles. The van der Waals surface area contributed by atoms with Crippen LogP contribution in [0.1, 0.15) is 30.4 Å². The van der Waals surface area contributed by atoms with Gasteiger partial charge in [0.25, 0.3) is 0 Å². The van der Waals surface area contributed by atoms with E-state index in [1.54, 1.807) is 5.57 Å². The van der Waals surface area contributed by atoms with Gasteiger partial charge in [0, 0.05) is 0 Å². The Balaban J connectivity index is 1.92. The highest BCUT2D eigenvalue weighted by atomic mass is 14.3. The molecule has 3 rings (SSSR count). The van der Waals surface area contributed by atoms with Crippen molar-refractivity contribution in [2.75, 3.05) is 0 Å². The van der Waals surface area contributed by atoms with Crippen LogP contribution in [0.2, 0.25) is 0 Å². The second-order valence-corrected chi connectivity index (χ2v) is 4.72. The summed E-state index contributed by atoms with van der Waals surface area (Å²) in [6.07, 6.45) is 8.80. The van der Waals surface area contributed by atoms with Crippen LogP contribution in [0.25, 0.3) is 5.57 Å². The standard InChI is InChI=1S/C15H16/c1-11-2-4-12(5-3-11)14-8-6-13-7-9-15(13)10-14/h2-5,8,10,13H,6-7,9H2,1H3. The first-order valence-electron chi connectivity index (χ1n) is 5.80. The van der Waals surface area contributed by atoms with E-state index >= 15 is 0 Å². The number of benzene rings is 1. The Hall–Kier alpha value is -1.30. The van der Waals surface area contributed by atoms with Crippen LogP contribution in [0.4, 0.5) is 0 Å². The second-order valence-electron chi connectivity index (χ2n) is 4.72. The van der Waals surface area contributed by atoms with E-state index in [4.69, 9.17) is 0 Å². The van der Waals surface area contributed by atoms with E-state index in [0.717, 1.165) is 5.92 Å². The minimum Gasteiger partial charge on any atom is -0.0761 e. The Labute approximate surface area is 91.3 Å². The SMILES string of the molecule is Cc1ccc(C2=CCC3CCC3=C2)cc1. The van der Waals surface area contributed by atoms with Gasteiger partial charge in [-0.15, -0.1) is 0 Å².